The summed E-state index contributed by atoms with van der Waals surface area (Å²) >= 11 is 1.79. The highest BCUT2D eigenvalue weighted by Gasteiger charge is 2.09. The van der Waals surface area contributed by atoms with Crippen LogP contribution in [0.3, 0.4) is 0 Å². The molecule has 1 aromatic rings. The van der Waals surface area contributed by atoms with Crippen molar-refractivity contribution in [3.05, 3.63) is 22.4 Å². The second-order valence-corrected chi connectivity index (χ2v) is 3.94. The van der Waals surface area contributed by atoms with Crippen LogP contribution < -0.4 is 5.32 Å². The van der Waals surface area contributed by atoms with Crippen LogP contribution in [0, 0.1) is 0 Å². The molecular weight excluding hydrogens is 204 g/mol. The number of halogens is 1. The first-order valence-electron chi connectivity index (χ1n) is 4.39. The van der Waals surface area contributed by atoms with Gasteiger partial charge >= 0.3 is 0 Å². The number of piperazine rings is 1. The summed E-state index contributed by atoms with van der Waals surface area (Å²) in [6.45, 7) is 5.80. The lowest BCUT2D eigenvalue weighted by Gasteiger charge is -2.26. The molecule has 0 radical (unpaired) electrons. The van der Waals surface area contributed by atoms with Crippen molar-refractivity contribution >= 4 is 23.7 Å². The van der Waals surface area contributed by atoms with Gasteiger partial charge in [-0.15, -0.1) is 12.4 Å². The normalized spacial score (nSPS) is 18.2. The van der Waals surface area contributed by atoms with Crippen LogP contribution in [0.25, 0.3) is 0 Å². The van der Waals surface area contributed by atoms with Gasteiger partial charge in [0.25, 0.3) is 0 Å². The van der Waals surface area contributed by atoms with E-state index in [1.54, 1.807) is 11.3 Å². The van der Waals surface area contributed by atoms with Crippen molar-refractivity contribution in [3.63, 3.8) is 0 Å². The lowest BCUT2D eigenvalue weighted by molar-refractivity contribution is 0.233. The Kier molecular flexibility index (Phi) is 4.73. The van der Waals surface area contributed by atoms with Gasteiger partial charge in [-0.1, -0.05) is 0 Å². The second kappa shape index (κ2) is 5.60. The van der Waals surface area contributed by atoms with Crippen LogP contribution >= 0.6 is 23.7 Å². The molecule has 2 heterocycles. The van der Waals surface area contributed by atoms with Crippen LogP contribution in [0.2, 0.25) is 0 Å². The zero-order valence-corrected chi connectivity index (χ0v) is 9.16. The maximum Gasteiger partial charge on any atom is 0.0243 e. The number of rotatable bonds is 2. The fraction of sp³-hybridized carbons (Fsp3) is 0.556. The number of nitrogens with one attached hydrogen (secondary N) is 1. The quantitative estimate of drug-likeness (QED) is 0.811. The van der Waals surface area contributed by atoms with Crippen molar-refractivity contribution in [3.8, 4) is 0 Å². The first-order valence-corrected chi connectivity index (χ1v) is 5.33. The van der Waals surface area contributed by atoms with Gasteiger partial charge in [0, 0.05) is 32.7 Å². The summed E-state index contributed by atoms with van der Waals surface area (Å²) in [5, 5.41) is 7.74. The predicted molar refractivity (Wildman–Crippen MR) is 59.7 cm³/mol. The molecule has 0 amide bonds. The Hall–Kier alpha value is -0.0900. The molecule has 1 aliphatic heterocycles. The minimum atomic E-state index is 0. The fourth-order valence-corrected chi connectivity index (χ4v) is 2.17. The van der Waals surface area contributed by atoms with Crippen molar-refractivity contribution in [2.75, 3.05) is 26.2 Å². The predicted octanol–water partition coefficient (Wildman–Crippen LogP) is 1.58. The smallest absolute Gasteiger partial charge is 0.0243 e. The molecule has 0 spiro atoms. The molecule has 2 rings (SSSR count). The van der Waals surface area contributed by atoms with E-state index in [4.69, 9.17) is 0 Å². The fourth-order valence-electron chi connectivity index (χ4n) is 1.51. The van der Waals surface area contributed by atoms with Gasteiger partial charge in [0.1, 0.15) is 0 Å². The van der Waals surface area contributed by atoms with Crippen LogP contribution in [-0.4, -0.2) is 31.1 Å². The van der Waals surface area contributed by atoms with E-state index in [2.05, 4.69) is 27.0 Å². The van der Waals surface area contributed by atoms with Gasteiger partial charge in [-0.05, 0) is 22.4 Å². The lowest BCUT2D eigenvalue weighted by Crippen LogP contribution is -2.42. The SMILES string of the molecule is Cl.c1cc(CN2CCNCC2)cs1. The van der Waals surface area contributed by atoms with Gasteiger partial charge in [-0.2, -0.15) is 11.3 Å². The minimum absolute atomic E-state index is 0. The molecule has 1 fully saturated rings. The van der Waals surface area contributed by atoms with Crippen LogP contribution in [0.1, 0.15) is 5.56 Å². The molecule has 1 aromatic heterocycles. The first kappa shape index (κ1) is 11.0. The third-order valence-corrected chi connectivity index (χ3v) is 2.93. The molecule has 2 nitrogen and oxygen atoms in total. The van der Waals surface area contributed by atoms with E-state index in [1.807, 2.05) is 0 Å². The highest BCUT2D eigenvalue weighted by atomic mass is 35.5. The molecule has 0 aromatic carbocycles. The molecule has 0 aliphatic carbocycles. The summed E-state index contributed by atoms with van der Waals surface area (Å²) in [7, 11) is 0. The Morgan fingerprint density at radius 1 is 1.38 bits per heavy atom. The molecular formula is C9H15ClN2S. The largest absolute Gasteiger partial charge is 0.314 e. The van der Waals surface area contributed by atoms with Crippen LogP contribution in [0.4, 0.5) is 0 Å². The maximum atomic E-state index is 3.36. The molecule has 4 heteroatoms. The van der Waals surface area contributed by atoms with Gasteiger partial charge in [-0.3, -0.25) is 4.90 Å². The van der Waals surface area contributed by atoms with E-state index in [-0.39, 0.29) is 12.4 Å². The average Bonchev–Trinajstić information content (AvgIpc) is 2.59. The van der Waals surface area contributed by atoms with E-state index >= 15 is 0 Å². The molecule has 1 saturated heterocycles. The van der Waals surface area contributed by atoms with Gasteiger partial charge in [0.2, 0.25) is 0 Å². The molecule has 0 bridgehead atoms. The lowest BCUT2D eigenvalue weighted by atomic mass is 10.3. The molecule has 0 unspecified atom stereocenters. The highest BCUT2D eigenvalue weighted by Crippen LogP contribution is 2.09. The Morgan fingerprint density at radius 3 is 2.77 bits per heavy atom. The summed E-state index contributed by atoms with van der Waals surface area (Å²) < 4.78 is 0. The summed E-state index contributed by atoms with van der Waals surface area (Å²) in [5.74, 6) is 0. The molecule has 1 N–H and O–H groups in total. The molecule has 74 valence electrons. The van der Waals surface area contributed by atoms with Crippen molar-refractivity contribution in [1.82, 2.24) is 10.2 Å². The van der Waals surface area contributed by atoms with Gasteiger partial charge < -0.3 is 5.32 Å². The topological polar surface area (TPSA) is 15.3 Å². The maximum absolute atomic E-state index is 3.36. The minimum Gasteiger partial charge on any atom is -0.314 e. The van der Waals surface area contributed by atoms with Crippen LogP contribution in [0.15, 0.2) is 16.8 Å². The van der Waals surface area contributed by atoms with E-state index in [0.717, 1.165) is 19.6 Å². The summed E-state index contributed by atoms with van der Waals surface area (Å²) in [4.78, 5) is 2.50. The van der Waals surface area contributed by atoms with E-state index in [1.165, 1.54) is 18.7 Å². The Morgan fingerprint density at radius 2 is 2.15 bits per heavy atom. The third-order valence-electron chi connectivity index (χ3n) is 2.20. The molecule has 1 aliphatic rings. The van der Waals surface area contributed by atoms with Crippen LogP contribution in [0.5, 0.6) is 0 Å². The number of nitrogens with zero attached hydrogens (tertiary/aromatic N) is 1. The number of hydrogen-bond donors (Lipinski definition) is 1. The first-order chi connectivity index (χ1) is 5.95. The van der Waals surface area contributed by atoms with Gasteiger partial charge in [0.15, 0.2) is 0 Å². The Balaban J connectivity index is 0.000000845. The molecule has 13 heavy (non-hydrogen) atoms. The van der Waals surface area contributed by atoms with Crippen molar-refractivity contribution in [2.24, 2.45) is 0 Å². The van der Waals surface area contributed by atoms with E-state index in [9.17, 15) is 0 Å². The second-order valence-electron chi connectivity index (χ2n) is 3.16. The van der Waals surface area contributed by atoms with E-state index in [0.29, 0.717) is 0 Å². The summed E-state index contributed by atoms with van der Waals surface area (Å²) in [5.41, 5.74) is 1.46. The van der Waals surface area contributed by atoms with Crippen molar-refractivity contribution < 1.29 is 0 Å². The van der Waals surface area contributed by atoms with Gasteiger partial charge in [-0.25, -0.2) is 0 Å². The Labute approximate surface area is 89.4 Å². The number of hydrogen-bond acceptors (Lipinski definition) is 3. The molecule has 0 saturated carbocycles. The zero-order valence-electron chi connectivity index (χ0n) is 7.53. The average molecular weight is 219 g/mol. The summed E-state index contributed by atoms with van der Waals surface area (Å²) in [6, 6.07) is 2.21. The zero-order chi connectivity index (χ0) is 8.23. The highest BCUT2D eigenvalue weighted by molar-refractivity contribution is 7.07. The van der Waals surface area contributed by atoms with Crippen molar-refractivity contribution in [1.29, 1.82) is 0 Å². The van der Waals surface area contributed by atoms with E-state index < -0.39 is 0 Å². The van der Waals surface area contributed by atoms with Gasteiger partial charge in [0.05, 0.1) is 0 Å². The number of thiophene rings is 1. The molecule has 0 atom stereocenters. The standard InChI is InChI=1S/C9H14N2S.ClH/c1-6-12-8-9(1)7-11-4-2-10-3-5-11;/h1,6,8,10H,2-5,7H2;1H. The van der Waals surface area contributed by atoms with Crippen LogP contribution in [-0.2, 0) is 6.54 Å². The monoisotopic (exact) mass is 218 g/mol. The van der Waals surface area contributed by atoms with Crippen molar-refractivity contribution in [2.45, 2.75) is 6.54 Å². The third kappa shape index (κ3) is 3.27. The Bertz CT molecular complexity index is 220. The summed E-state index contributed by atoms with van der Waals surface area (Å²) in [6.07, 6.45) is 0.